The van der Waals surface area contributed by atoms with E-state index in [9.17, 15) is 17.6 Å². The predicted octanol–water partition coefficient (Wildman–Crippen LogP) is 2.96. The molecule has 5 nitrogen and oxygen atoms in total. The Morgan fingerprint density at radius 2 is 1.65 bits per heavy atom. The van der Waals surface area contributed by atoms with E-state index in [0.29, 0.717) is 0 Å². The summed E-state index contributed by atoms with van der Waals surface area (Å²) in [5, 5.41) is 0. The highest BCUT2D eigenvalue weighted by Crippen LogP contribution is 2.26. The number of nitrogens with zero attached hydrogens (tertiary/aromatic N) is 1. The molecule has 0 saturated heterocycles. The molecule has 0 fully saturated rings. The largest absolute Gasteiger partial charge is 0.459 e. The molecular formula is C16H24FNO4S. The van der Waals surface area contributed by atoms with E-state index in [0.717, 1.165) is 10.4 Å². The molecule has 1 aromatic rings. The number of hydrogen-bond donors (Lipinski definition) is 0. The predicted molar refractivity (Wildman–Crippen MR) is 85.9 cm³/mol. The number of carbonyl (C=O) groups is 1. The zero-order chi connectivity index (χ0) is 18.1. The number of carbonyl (C=O) groups excluding carboxylic acids is 1. The van der Waals surface area contributed by atoms with Crippen LogP contribution in [0.1, 0.15) is 41.5 Å². The first-order valence-electron chi connectivity index (χ1n) is 7.24. The van der Waals surface area contributed by atoms with Gasteiger partial charge < -0.3 is 4.74 Å². The fourth-order valence-electron chi connectivity index (χ4n) is 1.95. The maximum Gasteiger partial charge on any atom is 0.321 e. The Morgan fingerprint density at radius 3 is 2.09 bits per heavy atom. The lowest BCUT2D eigenvalue weighted by Gasteiger charge is -2.34. The summed E-state index contributed by atoms with van der Waals surface area (Å²) in [4.78, 5) is 11.6. The van der Waals surface area contributed by atoms with Gasteiger partial charge in [-0.1, -0.05) is 12.1 Å². The van der Waals surface area contributed by atoms with Gasteiger partial charge in [0.2, 0.25) is 10.0 Å². The Balaban J connectivity index is 3.23. The molecule has 0 radical (unpaired) electrons. The average Bonchev–Trinajstić information content (AvgIpc) is 2.32. The third-order valence-corrected chi connectivity index (χ3v) is 4.99. The van der Waals surface area contributed by atoms with Gasteiger partial charge in [0.15, 0.2) is 0 Å². The van der Waals surface area contributed by atoms with Gasteiger partial charge in [0.25, 0.3) is 0 Å². The lowest BCUT2D eigenvalue weighted by atomic mass is 10.1. The van der Waals surface area contributed by atoms with E-state index < -0.39 is 44.4 Å². The monoisotopic (exact) mass is 345 g/mol. The fourth-order valence-corrected chi connectivity index (χ4v) is 3.75. The summed E-state index contributed by atoms with van der Waals surface area (Å²) < 4.78 is 45.6. The van der Waals surface area contributed by atoms with Gasteiger partial charge >= 0.3 is 5.97 Å². The van der Waals surface area contributed by atoms with Crippen molar-refractivity contribution in [2.45, 2.75) is 57.6 Å². The second-order valence-corrected chi connectivity index (χ2v) is 9.03. The van der Waals surface area contributed by atoms with Crippen LogP contribution in [0.3, 0.4) is 0 Å². The number of rotatable bonds is 4. The van der Waals surface area contributed by atoms with E-state index >= 15 is 0 Å². The SMILES string of the molecule is CC(C)(C)OC(=O)CN(C(C)(C)C)S(=O)(=O)c1ccccc1F. The van der Waals surface area contributed by atoms with Gasteiger partial charge in [-0.25, -0.2) is 12.8 Å². The van der Waals surface area contributed by atoms with E-state index in [4.69, 9.17) is 4.74 Å². The van der Waals surface area contributed by atoms with Crippen molar-refractivity contribution in [2.24, 2.45) is 0 Å². The molecule has 1 aromatic carbocycles. The zero-order valence-corrected chi connectivity index (χ0v) is 15.2. The van der Waals surface area contributed by atoms with Crippen molar-refractivity contribution in [3.63, 3.8) is 0 Å². The number of ether oxygens (including phenoxy) is 1. The standard InChI is InChI=1S/C16H24FNO4S/c1-15(2,3)18(11-14(19)22-16(4,5)6)23(20,21)13-10-8-7-9-12(13)17/h7-10H,11H2,1-6H3. The van der Waals surface area contributed by atoms with Crippen molar-refractivity contribution < 1.29 is 22.3 Å². The van der Waals surface area contributed by atoms with Crippen molar-refractivity contribution in [1.82, 2.24) is 4.31 Å². The normalized spacial score (nSPS) is 13.2. The van der Waals surface area contributed by atoms with Crippen LogP contribution >= 0.6 is 0 Å². The molecule has 0 spiro atoms. The van der Waals surface area contributed by atoms with E-state index in [1.165, 1.54) is 18.2 Å². The smallest absolute Gasteiger partial charge is 0.321 e. The topological polar surface area (TPSA) is 63.7 Å². The molecule has 23 heavy (non-hydrogen) atoms. The van der Waals surface area contributed by atoms with E-state index in [-0.39, 0.29) is 0 Å². The maximum atomic E-state index is 13.9. The fraction of sp³-hybridized carbons (Fsp3) is 0.562. The van der Waals surface area contributed by atoms with Crippen LogP contribution in [0.2, 0.25) is 0 Å². The molecule has 0 aliphatic rings. The number of esters is 1. The lowest BCUT2D eigenvalue weighted by molar-refractivity contribution is -0.155. The summed E-state index contributed by atoms with van der Waals surface area (Å²) in [6, 6.07) is 5.09. The maximum absolute atomic E-state index is 13.9. The molecular weight excluding hydrogens is 321 g/mol. The first-order valence-corrected chi connectivity index (χ1v) is 8.68. The minimum Gasteiger partial charge on any atom is -0.459 e. The Bertz CT molecular complexity index is 672. The van der Waals surface area contributed by atoms with E-state index in [1.807, 2.05) is 0 Å². The van der Waals surface area contributed by atoms with E-state index in [2.05, 4.69) is 0 Å². The molecule has 7 heteroatoms. The number of benzene rings is 1. The highest BCUT2D eigenvalue weighted by molar-refractivity contribution is 7.89. The van der Waals surface area contributed by atoms with Gasteiger partial charge in [0.1, 0.15) is 22.9 Å². The van der Waals surface area contributed by atoms with Crippen molar-refractivity contribution in [3.05, 3.63) is 30.1 Å². The van der Waals surface area contributed by atoms with Crippen LogP contribution in [0.4, 0.5) is 4.39 Å². The summed E-state index contributed by atoms with van der Waals surface area (Å²) in [5.41, 5.74) is -1.65. The lowest BCUT2D eigenvalue weighted by Crippen LogP contribution is -2.49. The summed E-state index contributed by atoms with van der Waals surface area (Å²) in [6.07, 6.45) is 0. The molecule has 130 valence electrons. The summed E-state index contributed by atoms with van der Waals surface area (Å²) in [6.45, 7) is 9.49. The van der Waals surface area contributed by atoms with E-state index in [1.54, 1.807) is 41.5 Å². The Labute approximate surface area is 137 Å². The van der Waals surface area contributed by atoms with Crippen LogP contribution in [0.5, 0.6) is 0 Å². The number of halogens is 1. The van der Waals surface area contributed by atoms with Gasteiger partial charge in [-0.05, 0) is 53.7 Å². The Morgan fingerprint density at radius 1 is 1.13 bits per heavy atom. The van der Waals surface area contributed by atoms with Crippen LogP contribution < -0.4 is 0 Å². The minimum absolute atomic E-state index is 0.460. The summed E-state index contributed by atoms with van der Waals surface area (Å²) >= 11 is 0. The third kappa shape index (κ3) is 5.28. The Kier molecular flexibility index (Phi) is 5.59. The van der Waals surface area contributed by atoms with Crippen molar-refractivity contribution in [2.75, 3.05) is 6.54 Å². The first kappa shape index (κ1) is 19.6. The number of hydrogen-bond acceptors (Lipinski definition) is 4. The summed E-state index contributed by atoms with van der Waals surface area (Å²) in [5.74, 6) is -1.54. The first-order chi connectivity index (χ1) is 10.2. The van der Waals surface area contributed by atoms with Crippen molar-refractivity contribution in [3.8, 4) is 0 Å². The van der Waals surface area contributed by atoms with Crippen molar-refractivity contribution in [1.29, 1.82) is 0 Å². The molecule has 0 atom stereocenters. The molecule has 0 aromatic heterocycles. The molecule has 0 saturated carbocycles. The molecule has 0 aliphatic heterocycles. The van der Waals surface area contributed by atoms with Gasteiger partial charge in [0, 0.05) is 5.54 Å². The Hall–Kier alpha value is -1.47. The van der Waals surface area contributed by atoms with Gasteiger partial charge in [-0.15, -0.1) is 0 Å². The molecule has 0 amide bonds. The number of sulfonamides is 1. The van der Waals surface area contributed by atoms with Gasteiger partial charge in [0.05, 0.1) is 0 Å². The molecule has 0 N–H and O–H groups in total. The van der Waals surface area contributed by atoms with Gasteiger partial charge in [-0.2, -0.15) is 4.31 Å². The molecule has 0 bridgehead atoms. The average molecular weight is 345 g/mol. The molecule has 0 unspecified atom stereocenters. The van der Waals surface area contributed by atoms with Gasteiger partial charge in [-0.3, -0.25) is 4.79 Å². The summed E-state index contributed by atoms with van der Waals surface area (Å²) in [7, 11) is -4.18. The third-order valence-electron chi connectivity index (χ3n) is 2.85. The zero-order valence-electron chi connectivity index (χ0n) is 14.4. The highest BCUT2D eigenvalue weighted by atomic mass is 32.2. The van der Waals surface area contributed by atoms with Crippen LogP contribution in [0.25, 0.3) is 0 Å². The van der Waals surface area contributed by atoms with Crippen LogP contribution in [-0.2, 0) is 19.6 Å². The van der Waals surface area contributed by atoms with Crippen LogP contribution in [0, 0.1) is 5.82 Å². The minimum atomic E-state index is -4.18. The van der Waals surface area contributed by atoms with Crippen molar-refractivity contribution >= 4 is 16.0 Å². The molecule has 1 rings (SSSR count). The second kappa shape index (κ2) is 6.57. The quantitative estimate of drug-likeness (QED) is 0.787. The molecule has 0 aliphatic carbocycles. The van der Waals surface area contributed by atoms with Crippen LogP contribution in [0.15, 0.2) is 29.2 Å². The highest BCUT2D eigenvalue weighted by Gasteiger charge is 2.38. The van der Waals surface area contributed by atoms with Crippen LogP contribution in [-0.4, -0.2) is 36.4 Å². The second-order valence-electron chi connectivity index (χ2n) is 7.20. The molecule has 0 heterocycles.